The maximum absolute atomic E-state index is 12.1. The lowest BCUT2D eigenvalue weighted by Gasteiger charge is -2.09. The third kappa shape index (κ3) is 2.56. The fourth-order valence-corrected chi connectivity index (χ4v) is 3.13. The van der Waals surface area contributed by atoms with Gasteiger partial charge in [-0.15, -0.1) is 0 Å². The number of benzene rings is 3. The lowest BCUT2D eigenvalue weighted by Crippen LogP contribution is -2.00. The van der Waals surface area contributed by atoms with Gasteiger partial charge < -0.3 is 4.42 Å². The van der Waals surface area contributed by atoms with Crippen LogP contribution in [0.4, 0.5) is 0 Å². The molecule has 0 spiro atoms. The van der Waals surface area contributed by atoms with Crippen LogP contribution in [0.15, 0.2) is 83.5 Å². The average molecular weight is 326 g/mol. The number of aldehydes is 1. The van der Waals surface area contributed by atoms with Gasteiger partial charge in [-0.05, 0) is 21.9 Å². The molecule has 0 aliphatic rings. The number of carbonyl (C=O) groups is 2. The number of fused-ring (bicyclic) bond motifs is 1. The molecule has 0 aliphatic heterocycles. The molecule has 0 unspecified atom stereocenters. The summed E-state index contributed by atoms with van der Waals surface area (Å²) < 4.78 is 5.53. The highest BCUT2D eigenvalue weighted by Crippen LogP contribution is 2.39. The highest BCUT2D eigenvalue weighted by molar-refractivity contribution is 6.34. The molecule has 120 valence electrons. The van der Waals surface area contributed by atoms with E-state index in [9.17, 15) is 9.59 Å². The van der Waals surface area contributed by atoms with Crippen molar-refractivity contribution in [1.82, 2.24) is 0 Å². The monoisotopic (exact) mass is 326 g/mol. The number of rotatable bonds is 4. The van der Waals surface area contributed by atoms with Gasteiger partial charge in [-0.25, -0.2) is 0 Å². The van der Waals surface area contributed by atoms with Crippen LogP contribution in [-0.2, 0) is 4.79 Å². The molecule has 3 heteroatoms. The average Bonchev–Trinajstić information content (AvgIpc) is 3.12. The summed E-state index contributed by atoms with van der Waals surface area (Å²) in [5.74, 6) is -0.588. The van der Waals surface area contributed by atoms with Crippen LogP contribution >= 0.6 is 0 Å². The lowest BCUT2D eigenvalue weighted by atomic mass is 9.92. The van der Waals surface area contributed by atoms with Crippen LogP contribution < -0.4 is 0 Å². The molecule has 4 aromatic rings. The molecule has 0 saturated heterocycles. The van der Waals surface area contributed by atoms with Crippen molar-refractivity contribution < 1.29 is 14.0 Å². The number of hydrogen-bond acceptors (Lipinski definition) is 3. The topological polar surface area (TPSA) is 47.3 Å². The van der Waals surface area contributed by atoms with Crippen LogP contribution in [-0.4, -0.2) is 12.1 Å². The zero-order valence-electron chi connectivity index (χ0n) is 13.3. The van der Waals surface area contributed by atoms with Crippen molar-refractivity contribution in [3.05, 3.63) is 84.8 Å². The van der Waals surface area contributed by atoms with E-state index in [1.165, 1.54) is 0 Å². The van der Waals surface area contributed by atoms with Crippen molar-refractivity contribution in [3.8, 4) is 22.3 Å². The van der Waals surface area contributed by atoms with E-state index in [0.717, 1.165) is 27.5 Å². The van der Waals surface area contributed by atoms with Crippen molar-refractivity contribution in [1.29, 1.82) is 0 Å². The minimum atomic E-state index is -0.662. The van der Waals surface area contributed by atoms with E-state index in [2.05, 4.69) is 0 Å². The van der Waals surface area contributed by atoms with E-state index in [-0.39, 0.29) is 5.76 Å². The fraction of sp³-hybridized carbons (Fsp3) is 0. The Kier molecular flexibility index (Phi) is 3.75. The lowest BCUT2D eigenvalue weighted by molar-refractivity contribution is -0.104. The quantitative estimate of drug-likeness (QED) is 0.296. The van der Waals surface area contributed by atoms with Crippen molar-refractivity contribution >= 4 is 22.8 Å². The summed E-state index contributed by atoms with van der Waals surface area (Å²) in [6, 6.07) is 23.5. The predicted octanol–water partition coefficient (Wildman–Crippen LogP) is 5.15. The zero-order valence-corrected chi connectivity index (χ0v) is 13.3. The second kappa shape index (κ2) is 6.21. The maximum atomic E-state index is 12.1. The molecule has 0 aliphatic carbocycles. The van der Waals surface area contributed by atoms with Crippen molar-refractivity contribution in [3.63, 3.8) is 0 Å². The first-order valence-corrected chi connectivity index (χ1v) is 7.94. The van der Waals surface area contributed by atoms with Gasteiger partial charge in [0, 0.05) is 11.1 Å². The molecular formula is C22H14O3. The molecule has 0 N–H and O–H groups in total. The maximum Gasteiger partial charge on any atom is 0.261 e. The highest BCUT2D eigenvalue weighted by atomic mass is 16.3. The molecule has 3 aromatic carbocycles. The molecule has 0 bridgehead atoms. The first kappa shape index (κ1) is 15.1. The summed E-state index contributed by atoms with van der Waals surface area (Å²) >= 11 is 0. The summed E-state index contributed by atoms with van der Waals surface area (Å²) in [5, 5.41) is 2.06. The van der Waals surface area contributed by atoms with Gasteiger partial charge in [-0.2, -0.15) is 0 Å². The Hall–Kier alpha value is -3.46. The SMILES string of the molecule is O=CC(=O)c1occ(-c2ccccc2)c1-c1cccc2ccccc12. The summed E-state index contributed by atoms with van der Waals surface area (Å²) in [7, 11) is 0. The van der Waals surface area contributed by atoms with E-state index in [0.29, 0.717) is 11.8 Å². The highest BCUT2D eigenvalue weighted by Gasteiger charge is 2.23. The van der Waals surface area contributed by atoms with Crippen LogP contribution in [0, 0.1) is 0 Å². The minimum Gasteiger partial charge on any atom is -0.459 e. The third-order valence-corrected chi connectivity index (χ3v) is 4.27. The van der Waals surface area contributed by atoms with Crippen LogP contribution in [0.3, 0.4) is 0 Å². The van der Waals surface area contributed by atoms with Gasteiger partial charge in [0.05, 0.1) is 6.26 Å². The Bertz CT molecular complexity index is 1070. The minimum absolute atomic E-state index is 0.0743. The molecule has 0 fully saturated rings. The van der Waals surface area contributed by atoms with Gasteiger partial charge >= 0.3 is 0 Å². The normalized spacial score (nSPS) is 10.7. The van der Waals surface area contributed by atoms with E-state index in [1.54, 1.807) is 6.26 Å². The first-order valence-electron chi connectivity index (χ1n) is 7.94. The Morgan fingerprint density at radius 3 is 2.32 bits per heavy atom. The second-order valence-electron chi connectivity index (χ2n) is 5.73. The number of furan rings is 1. The molecule has 0 radical (unpaired) electrons. The number of Topliss-reactive ketones (excluding diaryl/α,β-unsaturated/α-hetero) is 1. The van der Waals surface area contributed by atoms with Crippen LogP contribution in [0.2, 0.25) is 0 Å². The van der Waals surface area contributed by atoms with Crippen molar-refractivity contribution in [2.45, 2.75) is 0 Å². The summed E-state index contributed by atoms with van der Waals surface area (Å²) in [6.07, 6.45) is 1.84. The summed E-state index contributed by atoms with van der Waals surface area (Å²) in [6.45, 7) is 0. The first-order chi connectivity index (χ1) is 12.3. The Labute approximate surface area is 144 Å². The second-order valence-corrected chi connectivity index (χ2v) is 5.73. The van der Waals surface area contributed by atoms with Crippen LogP contribution in [0.1, 0.15) is 10.6 Å². The Morgan fingerprint density at radius 1 is 0.800 bits per heavy atom. The van der Waals surface area contributed by atoms with Crippen molar-refractivity contribution in [2.75, 3.05) is 0 Å². The van der Waals surface area contributed by atoms with Gasteiger partial charge in [-0.1, -0.05) is 72.8 Å². The van der Waals surface area contributed by atoms with E-state index >= 15 is 0 Å². The fourth-order valence-electron chi connectivity index (χ4n) is 3.13. The van der Waals surface area contributed by atoms with Gasteiger partial charge in [0.1, 0.15) is 0 Å². The number of hydrogen-bond donors (Lipinski definition) is 0. The molecule has 0 atom stereocenters. The number of ketones is 1. The smallest absolute Gasteiger partial charge is 0.261 e. The summed E-state index contributed by atoms with van der Waals surface area (Å²) in [5.41, 5.74) is 3.25. The molecule has 1 aromatic heterocycles. The van der Waals surface area contributed by atoms with Crippen LogP contribution in [0.5, 0.6) is 0 Å². The Balaban J connectivity index is 2.07. The van der Waals surface area contributed by atoms with Gasteiger partial charge in [0.2, 0.25) is 0 Å². The molecule has 25 heavy (non-hydrogen) atoms. The standard InChI is InChI=1S/C22H14O3/c23-13-20(24)22-21(19(14-25-22)16-7-2-1-3-8-16)18-12-6-10-15-9-4-5-11-17(15)18/h1-14H. The van der Waals surface area contributed by atoms with Crippen LogP contribution in [0.25, 0.3) is 33.0 Å². The molecular weight excluding hydrogens is 312 g/mol. The number of carbonyl (C=O) groups excluding carboxylic acids is 2. The van der Waals surface area contributed by atoms with E-state index in [4.69, 9.17) is 4.42 Å². The summed E-state index contributed by atoms with van der Waals surface area (Å²) in [4.78, 5) is 23.2. The molecule has 0 amide bonds. The zero-order chi connectivity index (χ0) is 17.2. The predicted molar refractivity (Wildman–Crippen MR) is 97.5 cm³/mol. The van der Waals surface area contributed by atoms with Crippen molar-refractivity contribution in [2.24, 2.45) is 0 Å². The molecule has 3 nitrogen and oxygen atoms in total. The van der Waals surface area contributed by atoms with Gasteiger partial charge in [0.25, 0.3) is 5.78 Å². The van der Waals surface area contributed by atoms with Gasteiger partial charge in [-0.3, -0.25) is 9.59 Å². The Morgan fingerprint density at radius 2 is 1.52 bits per heavy atom. The largest absolute Gasteiger partial charge is 0.459 e. The molecule has 4 rings (SSSR count). The molecule has 1 heterocycles. The third-order valence-electron chi connectivity index (χ3n) is 4.27. The van der Waals surface area contributed by atoms with Gasteiger partial charge in [0.15, 0.2) is 12.0 Å². The van der Waals surface area contributed by atoms with E-state index in [1.807, 2.05) is 72.8 Å². The van der Waals surface area contributed by atoms with E-state index < -0.39 is 5.78 Å². The molecule has 0 saturated carbocycles.